The van der Waals surface area contributed by atoms with E-state index in [4.69, 9.17) is 0 Å². The van der Waals surface area contributed by atoms with Gasteiger partial charge in [0.1, 0.15) is 18.4 Å². The first-order valence-electron chi connectivity index (χ1n) is 6.49. The van der Waals surface area contributed by atoms with Gasteiger partial charge in [0.05, 0.1) is 5.69 Å². The van der Waals surface area contributed by atoms with E-state index in [9.17, 15) is 14.0 Å². The number of hydrogen-bond donors (Lipinski definition) is 1. The summed E-state index contributed by atoms with van der Waals surface area (Å²) < 4.78 is 13.6. The van der Waals surface area contributed by atoms with Crippen LogP contribution in [0.1, 0.15) is 20.3 Å². The number of carbonyl (C=O) groups is 2. The number of carbonyl (C=O) groups excluding carboxylic acids is 2. The maximum atomic E-state index is 13.1. The van der Waals surface area contributed by atoms with Gasteiger partial charge in [0.25, 0.3) is 0 Å². The zero-order valence-corrected chi connectivity index (χ0v) is 12.9. The SMILES string of the molecule is CCC(C)C1NC(=O)CN(c2ccc(F)cc2Br)C1=O. The van der Waals surface area contributed by atoms with Crippen LogP contribution in [0.2, 0.25) is 0 Å². The summed E-state index contributed by atoms with van der Waals surface area (Å²) in [5.41, 5.74) is 0.513. The van der Waals surface area contributed by atoms with Gasteiger partial charge in [-0.15, -0.1) is 0 Å². The first-order valence-corrected chi connectivity index (χ1v) is 7.29. The van der Waals surface area contributed by atoms with Crippen molar-refractivity contribution >= 4 is 33.4 Å². The summed E-state index contributed by atoms with van der Waals surface area (Å²) in [5, 5.41) is 2.73. The van der Waals surface area contributed by atoms with Gasteiger partial charge >= 0.3 is 0 Å². The zero-order chi connectivity index (χ0) is 14.9. The van der Waals surface area contributed by atoms with Crippen molar-refractivity contribution in [1.29, 1.82) is 0 Å². The molecule has 0 spiro atoms. The average molecular weight is 343 g/mol. The maximum Gasteiger partial charge on any atom is 0.250 e. The van der Waals surface area contributed by atoms with Crippen LogP contribution in [0.5, 0.6) is 0 Å². The molecule has 0 saturated carbocycles. The van der Waals surface area contributed by atoms with E-state index in [-0.39, 0.29) is 24.3 Å². The second kappa shape index (κ2) is 5.91. The van der Waals surface area contributed by atoms with E-state index < -0.39 is 11.9 Å². The van der Waals surface area contributed by atoms with Crippen LogP contribution in [0.4, 0.5) is 10.1 Å². The molecule has 0 bridgehead atoms. The molecule has 1 aliphatic heterocycles. The number of rotatable bonds is 3. The van der Waals surface area contributed by atoms with Gasteiger partial charge in [-0.1, -0.05) is 20.3 Å². The van der Waals surface area contributed by atoms with Crippen LogP contribution in [-0.2, 0) is 9.59 Å². The van der Waals surface area contributed by atoms with Crippen molar-refractivity contribution in [3.05, 3.63) is 28.5 Å². The Morgan fingerprint density at radius 2 is 2.20 bits per heavy atom. The number of hydrogen-bond acceptors (Lipinski definition) is 2. The Labute approximate surface area is 125 Å². The Hall–Kier alpha value is -1.43. The third-order valence-corrected chi connectivity index (χ3v) is 4.20. The molecule has 4 nitrogen and oxygen atoms in total. The summed E-state index contributed by atoms with van der Waals surface area (Å²) in [6, 6.07) is 3.54. The molecule has 0 aliphatic carbocycles. The minimum Gasteiger partial charge on any atom is -0.342 e. The van der Waals surface area contributed by atoms with Crippen molar-refractivity contribution in [3.63, 3.8) is 0 Å². The van der Waals surface area contributed by atoms with Crippen LogP contribution in [-0.4, -0.2) is 24.4 Å². The normalized spacial score (nSPS) is 20.8. The molecule has 1 heterocycles. The monoisotopic (exact) mass is 342 g/mol. The van der Waals surface area contributed by atoms with E-state index >= 15 is 0 Å². The third kappa shape index (κ3) is 2.85. The van der Waals surface area contributed by atoms with Crippen molar-refractivity contribution in [2.24, 2.45) is 5.92 Å². The lowest BCUT2D eigenvalue weighted by Crippen LogP contribution is -2.60. The summed E-state index contributed by atoms with van der Waals surface area (Å²) in [6.07, 6.45) is 0.787. The molecule has 2 unspecified atom stereocenters. The summed E-state index contributed by atoms with van der Waals surface area (Å²) in [5.74, 6) is -0.709. The van der Waals surface area contributed by atoms with Gasteiger partial charge in [-0.25, -0.2) is 4.39 Å². The smallest absolute Gasteiger partial charge is 0.250 e. The predicted molar refractivity (Wildman–Crippen MR) is 77.8 cm³/mol. The van der Waals surface area contributed by atoms with Gasteiger partial charge < -0.3 is 10.2 Å². The van der Waals surface area contributed by atoms with Crippen LogP contribution in [0.3, 0.4) is 0 Å². The van der Waals surface area contributed by atoms with Crippen LogP contribution >= 0.6 is 15.9 Å². The fourth-order valence-corrected chi connectivity index (χ4v) is 2.76. The van der Waals surface area contributed by atoms with E-state index in [1.807, 2.05) is 13.8 Å². The molecule has 2 amide bonds. The standard InChI is InChI=1S/C14H16BrFN2O2/c1-3-8(2)13-14(20)18(7-12(19)17-13)11-5-4-9(16)6-10(11)15/h4-6,8,13H,3,7H2,1-2H3,(H,17,19). The van der Waals surface area contributed by atoms with Crippen molar-refractivity contribution in [2.45, 2.75) is 26.3 Å². The molecular weight excluding hydrogens is 327 g/mol. The Morgan fingerprint density at radius 3 is 2.80 bits per heavy atom. The third-order valence-electron chi connectivity index (χ3n) is 3.56. The van der Waals surface area contributed by atoms with E-state index in [1.54, 1.807) is 0 Å². The van der Waals surface area contributed by atoms with Crippen molar-refractivity contribution < 1.29 is 14.0 Å². The number of halogens is 2. The lowest BCUT2D eigenvalue weighted by atomic mass is 9.96. The number of amides is 2. The van der Waals surface area contributed by atoms with Gasteiger partial charge in [0, 0.05) is 4.47 Å². The molecule has 2 rings (SSSR count). The molecule has 6 heteroatoms. The van der Waals surface area contributed by atoms with Gasteiger partial charge in [0.2, 0.25) is 11.8 Å². The highest BCUT2D eigenvalue weighted by atomic mass is 79.9. The molecule has 1 fully saturated rings. The first-order chi connectivity index (χ1) is 9.43. The molecule has 0 aromatic heterocycles. The summed E-state index contributed by atoms with van der Waals surface area (Å²) >= 11 is 3.24. The minimum atomic E-state index is -0.529. The largest absolute Gasteiger partial charge is 0.342 e. The van der Waals surface area contributed by atoms with E-state index in [0.29, 0.717) is 10.2 Å². The van der Waals surface area contributed by atoms with Gasteiger partial charge in [-0.2, -0.15) is 0 Å². The summed E-state index contributed by atoms with van der Waals surface area (Å²) in [7, 11) is 0. The van der Waals surface area contributed by atoms with Crippen LogP contribution in [0, 0.1) is 11.7 Å². The lowest BCUT2D eigenvalue weighted by Gasteiger charge is -2.35. The fraction of sp³-hybridized carbons (Fsp3) is 0.429. The number of nitrogens with zero attached hydrogens (tertiary/aromatic N) is 1. The molecule has 0 radical (unpaired) electrons. The van der Waals surface area contributed by atoms with E-state index in [1.165, 1.54) is 23.1 Å². The van der Waals surface area contributed by atoms with Crippen molar-refractivity contribution in [1.82, 2.24) is 5.32 Å². The quantitative estimate of drug-likeness (QED) is 0.917. The minimum absolute atomic E-state index is 0.0456. The summed E-state index contributed by atoms with van der Waals surface area (Å²) in [6.45, 7) is 3.85. The highest BCUT2D eigenvalue weighted by Gasteiger charge is 2.36. The molecule has 1 saturated heterocycles. The molecule has 1 aromatic carbocycles. The van der Waals surface area contributed by atoms with E-state index in [2.05, 4.69) is 21.2 Å². The molecule has 20 heavy (non-hydrogen) atoms. The Kier molecular flexibility index (Phi) is 4.42. The molecule has 108 valence electrons. The molecule has 1 aliphatic rings. The lowest BCUT2D eigenvalue weighted by molar-refractivity contribution is -0.132. The highest BCUT2D eigenvalue weighted by Crippen LogP contribution is 2.29. The zero-order valence-electron chi connectivity index (χ0n) is 11.3. The Balaban J connectivity index is 2.35. The van der Waals surface area contributed by atoms with E-state index in [0.717, 1.165) is 6.42 Å². The molecular formula is C14H16BrFN2O2. The van der Waals surface area contributed by atoms with Gasteiger partial charge in [0.15, 0.2) is 0 Å². The van der Waals surface area contributed by atoms with Crippen LogP contribution in [0.25, 0.3) is 0 Å². The number of benzene rings is 1. The molecule has 2 atom stereocenters. The number of piperazine rings is 1. The van der Waals surface area contributed by atoms with Gasteiger partial charge in [-0.3, -0.25) is 9.59 Å². The Bertz CT molecular complexity index is 550. The Morgan fingerprint density at radius 1 is 1.50 bits per heavy atom. The first kappa shape index (κ1) is 15.0. The second-order valence-electron chi connectivity index (χ2n) is 4.95. The topological polar surface area (TPSA) is 49.4 Å². The molecule has 1 N–H and O–H groups in total. The molecule has 1 aromatic rings. The predicted octanol–water partition coefficient (Wildman–Crippen LogP) is 2.47. The van der Waals surface area contributed by atoms with Gasteiger partial charge in [-0.05, 0) is 40.0 Å². The van der Waals surface area contributed by atoms with Crippen LogP contribution in [0.15, 0.2) is 22.7 Å². The number of nitrogens with one attached hydrogen (secondary N) is 1. The highest BCUT2D eigenvalue weighted by molar-refractivity contribution is 9.10. The van der Waals surface area contributed by atoms with Crippen molar-refractivity contribution in [2.75, 3.05) is 11.4 Å². The average Bonchev–Trinajstić information content (AvgIpc) is 2.40. The van der Waals surface area contributed by atoms with Crippen LogP contribution < -0.4 is 10.2 Å². The van der Waals surface area contributed by atoms with Crippen molar-refractivity contribution in [3.8, 4) is 0 Å². The fourth-order valence-electron chi connectivity index (χ4n) is 2.20. The summed E-state index contributed by atoms with van der Waals surface area (Å²) in [4.78, 5) is 25.7. The number of anilines is 1. The maximum absolute atomic E-state index is 13.1. The second-order valence-corrected chi connectivity index (χ2v) is 5.81.